The molecule has 0 saturated heterocycles. The smallest absolute Gasteiger partial charge is 0.170 e. The highest BCUT2D eigenvalue weighted by molar-refractivity contribution is 7.85. The molecule has 0 aromatic heterocycles. The van der Waals surface area contributed by atoms with Crippen molar-refractivity contribution in [1.82, 2.24) is 0 Å². The highest BCUT2D eigenvalue weighted by Gasteiger charge is 2.27. The highest BCUT2D eigenvalue weighted by atomic mass is 32.2. The van der Waals surface area contributed by atoms with Crippen molar-refractivity contribution in [3.05, 3.63) is 181 Å². The zero-order valence-corrected chi connectivity index (χ0v) is 28.8. The zero-order valence-electron chi connectivity index (χ0n) is 28.0. The van der Waals surface area contributed by atoms with Crippen molar-refractivity contribution >= 4 is 91.2 Å². The minimum Gasteiger partial charge on any atom is -0.457 e. The maximum atomic E-state index is 14.4. The number of allylic oxidation sites excluding steroid dienone is 4. The van der Waals surface area contributed by atoms with Crippen LogP contribution in [0.15, 0.2) is 175 Å². The average Bonchev–Trinajstić information content (AvgIpc) is 3.22. The van der Waals surface area contributed by atoms with E-state index in [4.69, 9.17) is 0 Å². The molecule has 9 aromatic rings. The van der Waals surface area contributed by atoms with Crippen molar-refractivity contribution in [3.63, 3.8) is 0 Å². The summed E-state index contributed by atoms with van der Waals surface area (Å²) in [5.74, 6) is -0.595. The Morgan fingerprint density at radius 2 is 0.808 bits per heavy atom. The zero-order chi connectivity index (χ0) is 34.5. The molecule has 0 fully saturated rings. The molecule has 244 valence electrons. The van der Waals surface area contributed by atoms with Gasteiger partial charge in [0.2, 0.25) is 0 Å². The fraction of sp³-hybridized carbons (Fsp3) is 0.0204. The van der Waals surface area contributed by atoms with Crippen LogP contribution in [0.4, 0.5) is 0 Å². The molecule has 0 radical (unpaired) electrons. The minimum absolute atomic E-state index is 0.0113. The average molecular weight is 682 g/mol. The second-order valence-electron chi connectivity index (χ2n) is 13.9. The Bertz CT molecular complexity index is 3160. The molecule has 0 bridgehead atoms. The van der Waals surface area contributed by atoms with E-state index in [1.165, 1.54) is 64.6 Å². The molecule has 0 saturated carbocycles. The summed E-state index contributed by atoms with van der Waals surface area (Å²) >= 11 is 0. The van der Waals surface area contributed by atoms with Crippen LogP contribution in [-0.2, 0) is 14.6 Å². The van der Waals surface area contributed by atoms with Crippen molar-refractivity contribution in [2.75, 3.05) is 0 Å². The van der Waals surface area contributed by atoms with Gasteiger partial charge in [0.25, 0.3) is 0 Å². The molecule has 11 rings (SSSR count). The van der Waals surface area contributed by atoms with Gasteiger partial charge >= 0.3 is 0 Å². The van der Waals surface area contributed by atoms with Gasteiger partial charge in [0, 0.05) is 11.5 Å². The molecular formula is C49H29O2S-. The normalized spacial score (nSPS) is 15.9. The maximum absolute atomic E-state index is 14.4. The molecule has 2 nitrogen and oxygen atoms in total. The van der Waals surface area contributed by atoms with E-state index in [-0.39, 0.29) is 5.78 Å². The van der Waals surface area contributed by atoms with Crippen LogP contribution in [0.25, 0.3) is 81.3 Å². The molecule has 1 heterocycles. The molecule has 1 unspecified atom stereocenters. The lowest BCUT2D eigenvalue weighted by molar-refractivity contribution is 0.0969. The number of hydrogen-bond donors (Lipinski definition) is 0. The van der Waals surface area contributed by atoms with Crippen molar-refractivity contribution in [2.45, 2.75) is 4.90 Å². The predicted molar refractivity (Wildman–Crippen MR) is 220 cm³/mol. The van der Waals surface area contributed by atoms with Crippen molar-refractivity contribution in [1.29, 1.82) is 0 Å². The van der Waals surface area contributed by atoms with E-state index < -0.39 is 16.3 Å². The van der Waals surface area contributed by atoms with Crippen LogP contribution >= 0.6 is 0 Å². The van der Waals surface area contributed by atoms with E-state index in [9.17, 15) is 9.00 Å². The molecule has 1 atom stereocenters. The van der Waals surface area contributed by atoms with E-state index in [1.807, 2.05) is 36.4 Å². The second kappa shape index (κ2) is 11.1. The first-order valence-electron chi connectivity index (χ1n) is 17.7. The molecule has 52 heavy (non-hydrogen) atoms. The van der Waals surface area contributed by atoms with Crippen LogP contribution in [0.5, 0.6) is 0 Å². The molecule has 0 spiro atoms. The summed E-state index contributed by atoms with van der Waals surface area (Å²) in [6, 6.07) is 53.3. The van der Waals surface area contributed by atoms with E-state index in [0.29, 0.717) is 15.3 Å². The lowest BCUT2D eigenvalue weighted by Crippen LogP contribution is -2.29. The van der Waals surface area contributed by atoms with E-state index >= 15 is 0 Å². The van der Waals surface area contributed by atoms with Crippen molar-refractivity contribution in [3.8, 4) is 11.1 Å². The Labute approximate surface area is 302 Å². The van der Waals surface area contributed by atoms with Gasteiger partial charge in [-0.3, -0.25) is 4.79 Å². The number of hydrogen-bond acceptors (Lipinski definition) is 3. The number of carbonyl (C=O) groups excluding carboxylic acids is 1. The molecule has 1 aliphatic heterocycles. The van der Waals surface area contributed by atoms with Gasteiger partial charge in [-0.1, -0.05) is 152 Å². The maximum Gasteiger partial charge on any atom is 0.170 e. The van der Waals surface area contributed by atoms with Gasteiger partial charge in [-0.15, -0.1) is 9.76 Å². The van der Waals surface area contributed by atoms with Crippen LogP contribution in [-0.4, -0.2) is 10.6 Å². The predicted octanol–water partition coefficient (Wildman–Crippen LogP) is 12.2. The highest BCUT2D eigenvalue weighted by Crippen LogP contribution is 2.40. The number of carbonyl (C=O) groups is 1. The summed E-state index contributed by atoms with van der Waals surface area (Å²) in [4.78, 5) is 15.6. The van der Waals surface area contributed by atoms with Crippen LogP contribution < -0.4 is 0 Å². The van der Waals surface area contributed by atoms with Gasteiger partial charge in [0.05, 0.1) is 0 Å². The second-order valence-corrected chi connectivity index (χ2v) is 15.3. The summed E-state index contributed by atoms with van der Waals surface area (Å²) in [7, 11) is -1.44. The van der Waals surface area contributed by atoms with E-state index in [1.54, 1.807) is 0 Å². The fourth-order valence-corrected chi connectivity index (χ4v) is 10.1. The Morgan fingerprint density at radius 3 is 1.33 bits per heavy atom. The fourth-order valence-electron chi connectivity index (χ4n) is 8.70. The summed E-state index contributed by atoms with van der Waals surface area (Å²) in [6.07, 6.45) is 5.94. The van der Waals surface area contributed by atoms with Gasteiger partial charge in [0.1, 0.15) is 0 Å². The third-order valence-electron chi connectivity index (χ3n) is 11.2. The van der Waals surface area contributed by atoms with Crippen LogP contribution in [0, 0.1) is 5.92 Å². The van der Waals surface area contributed by atoms with Gasteiger partial charge < -0.3 is 4.21 Å². The van der Waals surface area contributed by atoms with E-state index in [2.05, 4.69) is 133 Å². The summed E-state index contributed by atoms with van der Waals surface area (Å²) < 4.78 is 14.0. The third kappa shape index (κ3) is 4.20. The van der Waals surface area contributed by atoms with Gasteiger partial charge in [0.15, 0.2) is 5.78 Å². The topological polar surface area (TPSA) is 34.1 Å². The first-order valence-corrected chi connectivity index (χ1v) is 18.8. The number of fused-ring (bicyclic) bond motifs is 14. The Balaban J connectivity index is 1.02. The lowest BCUT2D eigenvalue weighted by Gasteiger charge is -2.31. The van der Waals surface area contributed by atoms with Crippen molar-refractivity contribution < 1.29 is 9.00 Å². The summed E-state index contributed by atoms with van der Waals surface area (Å²) in [5, 5.41) is 14.6. The van der Waals surface area contributed by atoms with Crippen molar-refractivity contribution in [2.24, 2.45) is 5.92 Å². The number of Topliss-reactive ketones (excluding diaryl/α,β-unsaturated/α-hetero) is 1. The Hall–Kier alpha value is -6.29. The van der Waals surface area contributed by atoms with Crippen LogP contribution in [0.2, 0.25) is 0 Å². The Kier molecular flexibility index (Phi) is 6.29. The standard InChI is InChI=1S/C49H29O2S/c50-49-45-27-31(29-17-21-41-37-13-3-1-9-33(37)35-11-5-7-15-39(35)43(41)25-29)19-23-47(45)52(51)48-24-20-32(28-46(48)49)30-18-22-42-38-14-4-2-10-34(38)36-12-6-8-16-40(36)44(42)26-30/h1-28,45H/q-1. The van der Waals surface area contributed by atoms with E-state index in [0.717, 1.165) is 22.3 Å². The summed E-state index contributed by atoms with van der Waals surface area (Å²) in [5.41, 5.74) is 4.51. The molecule has 9 aromatic carbocycles. The van der Waals surface area contributed by atoms with Crippen LogP contribution in [0.3, 0.4) is 0 Å². The quantitative estimate of drug-likeness (QED) is 0.103. The largest absolute Gasteiger partial charge is 0.457 e. The lowest BCUT2D eigenvalue weighted by atomic mass is 9.85. The van der Waals surface area contributed by atoms with Gasteiger partial charge in [-0.2, -0.15) is 0 Å². The molecule has 0 amide bonds. The first kappa shape index (κ1) is 29.4. The molecule has 2 aliphatic rings. The Morgan fingerprint density at radius 1 is 0.404 bits per heavy atom. The summed E-state index contributed by atoms with van der Waals surface area (Å²) in [6.45, 7) is 0. The number of ketones is 1. The first-order chi connectivity index (χ1) is 25.6. The van der Waals surface area contributed by atoms with Crippen LogP contribution in [0.1, 0.15) is 15.9 Å². The molecule has 3 heteroatoms. The third-order valence-corrected chi connectivity index (χ3v) is 12.7. The monoisotopic (exact) mass is 681 g/mol. The number of rotatable bonds is 2. The molecular weight excluding hydrogens is 653 g/mol. The minimum atomic E-state index is -1.44. The van der Waals surface area contributed by atoms with Gasteiger partial charge in [-0.05, 0) is 105 Å². The number of benzene rings is 9. The SMILES string of the molecule is O=C1c2cc(-c3ccc4c5ccccc5c5ccccc5c4c3)ccc2[S-](=O)=C2C=CC(c3ccc4c5ccccc5c5ccccc5c4c3)=CC12. The molecule has 1 aliphatic carbocycles. The van der Waals surface area contributed by atoms with Gasteiger partial charge in [-0.25, -0.2) is 10.4 Å². The molecule has 0 N–H and O–H groups in total.